The molecule has 0 radical (unpaired) electrons. The molecule has 1 fully saturated rings. The summed E-state index contributed by atoms with van der Waals surface area (Å²) in [4.78, 5) is 17.8. The van der Waals surface area contributed by atoms with Crippen molar-refractivity contribution < 1.29 is 4.79 Å². The first-order valence-electron chi connectivity index (χ1n) is 7.53. The summed E-state index contributed by atoms with van der Waals surface area (Å²) >= 11 is 0. The van der Waals surface area contributed by atoms with Gasteiger partial charge in [0, 0.05) is 36.7 Å². The highest BCUT2D eigenvalue weighted by molar-refractivity contribution is 5.84. The number of amides is 1. The molecule has 1 aromatic heterocycles. The van der Waals surface area contributed by atoms with E-state index in [1.54, 1.807) is 7.05 Å². The second-order valence-corrected chi connectivity index (χ2v) is 6.43. The summed E-state index contributed by atoms with van der Waals surface area (Å²) in [6.45, 7) is 6.86. The number of fused-ring (bicyclic) bond motifs is 1. The number of hydrogen-bond donors (Lipinski definition) is 2. The van der Waals surface area contributed by atoms with E-state index < -0.39 is 0 Å². The molecular weight excluding hydrogens is 262 g/mol. The van der Waals surface area contributed by atoms with Crippen LogP contribution in [0.25, 0.3) is 10.9 Å². The lowest BCUT2D eigenvalue weighted by Gasteiger charge is -2.22. The Morgan fingerprint density at radius 1 is 1.48 bits per heavy atom. The lowest BCUT2D eigenvalue weighted by Crippen LogP contribution is -2.39. The molecule has 4 heteroatoms. The maximum Gasteiger partial charge on any atom is 0.227 e. The summed E-state index contributed by atoms with van der Waals surface area (Å²) < 4.78 is 0. The highest BCUT2D eigenvalue weighted by Gasteiger charge is 2.39. The molecule has 1 atom stereocenters. The van der Waals surface area contributed by atoms with Crippen molar-refractivity contribution in [3.05, 3.63) is 35.5 Å². The molecule has 2 N–H and O–H groups in total. The number of nitrogens with zero attached hydrogens (tertiary/aromatic N) is 1. The molecule has 1 aliphatic rings. The van der Waals surface area contributed by atoms with Crippen molar-refractivity contribution in [2.45, 2.75) is 26.8 Å². The van der Waals surface area contributed by atoms with Crippen LogP contribution >= 0.6 is 0 Å². The predicted octanol–water partition coefficient (Wildman–Crippen LogP) is 2.43. The van der Waals surface area contributed by atoms with Gasteiger partial charge >= 0.3 is 0 Å². The van der Waals surface area contributed by atoms with Crippen LogP contribution in [0.3, 0.4) is 0 Å². The van der Waals surface area contributed by atoms with Crippen LogP contribution in [0, 0.1) is 12.3 Å². The molecular formula is C17H23N3O. The van der Waals surface area contributed by atoms with Gasteiger partial charge < -0.3 is 10.3 Å². The second kappa shape index (κ2) is 5.19. The number of aromatic amines is 1. The summed E-state index contributed by atoms with van der Waals surface area (Å²) in [6, 6.07) is 8.57. The van der Waals surface area contributed by atoms with Gasteiger partial charge in [-0.1, -0.05) is 12.1 Å². The number of nitrogens with one attached hydrogen (secondary N) is 2. The van der Waals surface area contributed by atoms with Crippen molar-refractivity contribution in [1.29, 1.82) is 0 Å². The summed E-state index contributed by atoms with van der Waals surface area (Å²) in [5.41, 5.74) is 3.46. The van der Waals surface area contributed by atoms with Crippen molar-refractivity contribution in [1.82, 2.24) is 15.2 Å². The van der Waals surface area contributed by atoms with Gasteiger partial charge in [-0.05, 0) is 44.5 Å². The average Bonchev–Trinajstić information content (AvgIpc) is 3.04. The van der Waals surface area contributed by atoms with Gasteiger partial charge in [0.15, 0.2) is 0 Å². The fourth-order valence-electron chi connectivity index (χ4n) is 3.37. The Labute approximate surface area is 125 Å². The van der Waals surface area contributed by atoms with Crippen molar-refractivity contribution in [2.75, 3.05) is 20.1 Å². The molecule has 2 heterocycles. The molecule has 1 aliphatic heterocycles. The number of benzene rings is 1. The van der Waals surface area contributed by atoms with Gasteiger partial charge in [0.1, 0.15) is 0 Å². The monoisotopic (exact) mass is 285 g/mol. The number of aryl methyl sites for hydroxylation is 1. The highest BCUT2D eigenvalue weighted by Crippen LogP contribution is 2.31. The molecule has 1 unspecified atom stereocenters. The standard InChI is InChI=1S/C17H23N3O/c1-12-5-4-6-15-14(12)9-13(19-15)10-20-8-7-17(2,11-20)16(21)18-3/h4-6,9,19H,7-8,10-11H2,1-3H3,(H,18,21). The van der Waals surface area contributed by atoms with Crippen molar-refractivity contribution in [2.24, 2.45) is 5.41 Å². The van der Waals surface area contributed by atoms with E-state index in [1.807, 2.05) is 0 Å². The number of carbonyl (C=O) groups is 1. The molecule has 21 heavy (non-hydrogen) atoms. The van der Waals surface area contributed by atoms with Gasteiger partial charge in [-0.25, -0.2) is 0 Å². The third-order valence-corrected chi connectivity index (χ3v) is 4.66. The van der Waals surface area contributed by atoms with Crippen LogP contribution in [-0.4, -0.2) is 35.9 Å². The summed E-state index contributed by atoms with van der Waals surface area (Å²) in [5.74, 6) is 0.150. The number of likely N-dealkylation sites (tertiary alicyclic amines) is 1. The van der Waals surface area contributed by atoms with E-state index in [1.165, 1.54) is 22.2 Å². The summed E-state index contributed by atoms with van der Waals surface area (Å²) in [7, 11) is 1.72. The number of carbonyl (C=O) groups excluding carboxylic acids is 1. The van der Waals surface area contributed by atoms with E-state index >= 15 is 0 Å². The summed E-state index contributed by atoms with van der Waals surface area (Å²) in [6.07, 6.45) is 0.923. The normalized spacial score (nSPS) is 22.8. The topological polar surface area (TPSA) is 48.1 Å². The van der Waals surface area contributed by atoms with Crippen molar-refractivity contribution >= 4 is 16.8 Å². The third kappa shape index (κ3) is 2.56. The van der Waals surface area contributed by atoms with Gasteiger partial charge in [-0.2, -0.15) is 0 Å². The molecule has 2 aromatic rings. The number of hydrogen-bond acceptors (Lipinski definition) is 2. The number of rotatable bonds is 3. The Bertz CT molecular complexity index is 676. The molecule has 1 saturated heterocycles. The van der Waals surface area contributed by atoms with Crippen LogP contribution in [0.5, 0.6) is 0 Å². The van der Waals surface area contributed by atoms with E-state index in [0.29, 0.717) is 0 Å². The molecule has 4 nitrogen and oxygen atoms in total. The maximum absolute atomic E-state index is 12.0. The minimum atomic E-state index is -0.253. The summed E-state index contributed by atoms with van der Waals surface area (Å²) in [5, 5.41) is 4.08. The molecule has 0 bridgehead atoms. The fraction of sp³-hybridized carbons (Fsp3) is 0.471. The Hall–Kier alpha value is -1.81. The molecule has 0 aliphatic carbocycles. The van der Waals surface area contributed by atoms with E-state index in [0.717, 1.165) is 26.1 Å². The quantitative estimate of drug-likeness (QED) is 0.910. The van der Waals surface area contributed by atoms with E-state index in [9.17, 15) is 4.79 Å². The van der Waals surface area contributed by atoms with Crippen LogP contribution in [0.15, 0.2) is 24.3 Å². The minimum absolute atomic E-state index is 0.150. The lowest BCUT2D eigenvalue weighted by atomic mass is 9.89. The van der Waals surface area contributed by atoms with Gasteiger partial charge in [-0.15, -0.1) is 0 Å². The Balaban J connectivity index is 1.75. The Morgan fingerprint density at radius 3 is 3.00 bits per heavy atom. The molecule has 0 spiro atoms. The third-order valence-electron chi connectivity index (χ3n) is 4.66. The van der Waals surface area contributed by atoms with Crippen LogP contribution in [0.2, 0.25) is 0 Å². The number of aromatic nitrogens is 1. The minimum Gasteiger partial charge on any atom is -0.359 e. The first-order chi connectivity index (χ1) is 10.0. The van der Waals surface area contributed by atoms with Crippen LogP contribution in [-0.2, 0) is 11.3 Å². The zero-order chi connectivity index (χ0) is 15.0. The largest absolute Gasteiger partial charge is 0.359 e. The first kappa shape index (κ1) is 14.1. The van der Waals surface area contributed by atoms with E-state index in [2.05, 4.69) is 53.3 Å². The SMILES string of the molecule is CNC(=O)C1(C)CCN(Cc2cc3c(C)cccc3[nH]2)C1. The zero-order valence-electron chi connectivity index (χ0n) is 13.0. The lowest BCUT2D eigenvalue weighted by molar-refractivity contribution is -0.129. The van der Waals surface area contributed by atoms with E-state index in [-0.39, 0.29) is 11.3 Å². The van der Waals surface area contributed by atoms with Gasteiger partial charge in [0.05, 0.1) is 5.41 Å². The van der Waals surface area contributed by atoms with Crippen LogP contribution in [0.1, 0.15) is 24.6 Å². The van der Waals surface area contributed by atoms with Gasteiger partial charge in [0.2, 0.25) is 5.91 Å². The van der Waals surface area contributed by atoms with Crippen LogP contribution < -0.4 is 5.32 Å². The predicted molar refractivity (Wildman–Crippen MR) is 85.1 cm³/mol. The van der Waals surface area contributed by atoms with Crippen LogP contribution in [0.4, 0.5) is 0 Å². The zero-order valence-corrected chi connectivity index (χ0v) is 13.0. The molecule has 1 amide bonds. The Kier molecular flexibility index (Phi) is 3.49. The smallest absolute Gasteiger partial charge is 0.227 e. The fourth-order valence-corrected chi connectivity index (χ4v) is 3.37. The highest BCUT2D eigenvalue weighted by atomic mass is 16.2. The van der Waals surface area contributed by atoms with Gasteiger partial charge in [0.25, 0.3) is 0 Å². The Morgan fingerprint density at radius 2 is 2.29 bits per heavy atom. The molecule has 112 valence electrons. The maximum atomic E-state index is 12.0. The second-order valence-electron chi connectivity index (χ2n) is 6.43. The first-order valence-corrected chi connectivity index (χ1v) is 7.53. The molecule has 0 saturated carbocycles. The average molecular weight is 285 g/mol. The van der Waals surface area contributed by atoms with E-state index in [4.69, 9.17) is 0 Å². The van der Waals surface area contributed by atoms with Crippen molar-refractivity contribution in [3.8, 4) is 0 Å². The van der Waals surface area contributed by atoms with Crippen molar-refractivity contribution in [3.63, 3.8) is 0 Å². The number of H-pyrrole nitrogens is 1. The molecule has 3 rings (SSSR count). The molecule has 1 aromatic carbocycles. The van der Waals surface area contributed by atoms with Gasteiger partial charge in [-0.3, -0.25) is 9.69 Å².